The predicted octanol–water partition coefficient (Wildman–Crippen LogP) is 2.63. The maximum atomic E-state index is 10.9. The molecule has 3 rings (SSSR count). The molecule has 2 aromatic rings. The fourth-order valence-electron chi connectivity index (χ4n) is 2.84. The molecule has 4 nitrogen and oxygen atoms in total. The molecule has 0 bridgehead atoms. The highest BCUT2D eigenvalue weighted by Crippen LogP contribution is 2.25. The summed E-state index contributed by atoms with van der Waals surface area (Å²) < 4.78 is 5.89. The smallest absolute Gasteiger partial charge is 0.307 e. The maximum Gasteiger partial charge on any atom is 0.307 e. The lowest BCUT2D eigenvalue weighted by atomic mass is 10.1. The Kier molecular flexibility index (Phi) is 4.06. The van der Waals surface area contributed by atoms with Crippen LogP contribution < -0.4 is 4.74 Å². The van der Waals surface area contributed by atoms with Crippen LogP contribution in [-0.2, 0) is 4.79 Å². The van der Waals surface area contributed by atoms with Crippen LogP contribution in [-0.4, -0.2) is 42.2 Å². The van der Waals surface area contributed by atoms with Gasteiger partial charge in [-0.3, -0.25) is 9.69 Å². The van der Waals surface area contributed by atoms with Crippen molar-refractivity contribution in [3.05, 3.63) is 42.5 Å². The molecule has 1 saturated heterocycles. The highest BCUT2D eigenvalue weighted by Gasteiger charge is 2.27. The zero-order chi connectivity index (χ0) is 14.7. The lowest BCUT2D eigenvalue weighted by Gasteiger charge is -2.16. The molecule has 2 aromatic carbocycles. The number of likely N-dealkylation sites (tertiary alicyclic amines) is 1. The highest BCUT2D eigenvalue weighted by molar-refractivity contribution is 5.88. The van der Waals surface area contributed by atoms with Crippen LogP contribution in [0.3, 0.4) is 0 Å². The number of hydrogen-bond acceptors (Lipinski definition) is 3. The third-order valence-corrected chi connectivity index (χ3v) is 4.04. The first kappa shape index (κ1) is 13.9. The summed E-state index contributed by atoms with van der Waals surface area (Å²) in [4.78, 5) is 13.1. The number of nitrogens with zero attached hydrogens (tertiary/aromatic N) is 1. The second-order valence-electron chi connectivity index (χ2n) is 5.45. The molecule has 0 aliphatic carbocycles. The van der Waals surface area contributed by atoms with E-state index >= 15 is 0 Å². The largest absolute Gasteiger partial charge is 0.492 e. The standard InChI is InChI=1S/C17H19NO3/c19-17(20)14-8-9-18(12-14)10-11-21-16-7-3-5-13-4-1-2-6-15(13)16/h1-7,14H,8-12H2,(H,19,20). The molecule has 1 N–H and O–H groups in total. The van der Waals surface area contributed by atoms with Crippen LogP contribution in [0.15, 0.2) is 42.5 Å². The molecule has 1 atom stereocenters. The Balaban J connectivity index is 1.57. The zero-order valence-corrected chi connectivity index (χ0v) is 11.9. The second-order valence-corrected chi connectivity index (χ2v) is 5.45. The lowest BCUT2D eigenvalue weighted by molar-refractivity contribution is -0.141. The van der Waals surface area contributed by atoms with Crippen molar-refractivity contribution in [3.63, 3.8) is 0 Å². The molecule has 0 spiro atoms. The number of rotatable bonds is 5. The van der Waals surface area contributed by atoms with Crippen molar-refractivity contribution in [2.45, 2.75) is 6.42 Å². The number of aliphatic carboxylic acids is 1. The third kappa shape index (κ3) is 3.16. The normalized spacial score (nSPS) is 19.0. The van der Waals surface area contributed by atoms with Gasteiger partial charge in [0.2, 0.25) is 0 Å². The Morgan fingerprint density at radius 1 is 1.24 bits per heavy atom. The average molecular weight is 285 g/mol. The summed E-state index contributed by atoms with van der Waals surface area (Å²) in [7, 11) is 0. The molecule has 1 unspecified atom stereocenters. The van der Waals surface area contributed by atoms with E-state index in [-0.39, 0.29) is 5.92 Å². The first-order valence-electron chi connectivity index (χ1n) is 7.30. The molecular weight excluding hydrogens is 266 g/mol. The minimum Gasteiger partial charge on any atom is -0.492 e. The first-order valence-corrected chi connectivity index (χ1v) is 7.30. The molecule has 1 aliphatic heterocycles. The van der Waals surface area contributed by atoms with Crippen molar-refractivity contribution in [2.75, 3.05) is 26.2 Å². The van der Waals surface area contributed by atoms with E-state index in [0.29, 0.717) is 13.2 Å². The van der Waals surface area contributed by atoms with Crippen LogP contribution in [0, 0.1) is 5.92 Å². The molecule has 0 aromatic heterocycles. The van der Waals surface area contributed by atoms with Gasteiger partial charge in [0, 0.05) is 18.5 Å². The Morgan fingerprint density at radius 3 is 2.86 bits per heavy atom. The van der Waals surface area contributed by atoms with Gasteiger partial charge >= 0.3 is 5.97 Å². The number of carboxylic acid groups (broad SMARTS) is 1. The summed E-state index contributed by atoms with van der Waals surface area (Å²) >= 11 is 0. The molecule has 110 valence electrons. The van der Waals surface area contributed by atoms with Gasteiger partial charge in [0.15, 0.2) is 0 Å². The number of fused-ring (bicyclic) bond motifs is 1. The Labute approximate surface area is 123 Å². The van der Waals surface area contributed by atoms with Gasteiger partial charge in [0.25, 0.3) is 0 Å². The third-order valence-electron chi connectivity index (χ3n) is 4.04. The zero-order valence-electron chi connectivity index (χ0n) is 11.9. The van der Waals surface area contributed by atoms with Crippen LogP contribution >= 0.6 is 0 Å². The molecule has 4 heteroatoms. The maximum absolute atomic E-state index is 10.9. The summed E-state index contributed by atoms with van der Waals surface area (Å²) in [6, 6.07) is 14.2. The van der Waals surface area contributed by atoms with Crippen LogP contribution in [0.4, 0.5) is 0 Å². The fraction of sp³-hybridized carbons (Fsp3) is 0.353. The van der Waals surface area contributed by atoms with Crippen molar-refractivity contribution < 1.29 is 14.6 Å². The number of carboxylic acids is 1. The van der Waals surface area contributed by atoms with Crippen molar-refractivity contribution >= 4 is 16.7 Å². The monoisotopic (exact) mass is 285 g/mol. The summed E-state index contributed by atoms with van der Waals surface area (Å²) in [6.07, 6.45) is 0.740. The Hall–Kier alpha value is -2.07. The predicted molar refractivity (Wildman–Crippen MR) is 81.6 cm³/mol. The van der Waals surface area contributed by atoms with E-state index in [9.17, 15) is 4.79 Å². The minimum absolute atomic E-state index is 0.220. The van der Waals surface area contributed by atoms with Gasteiger partial charge in [-0.2, -0.15) is 0 Å². The molecule has 21 heavy (non-hydrogen) atoms. The minimum atomic E-state index is -0.688. The number of ether oxygens (including phenoxy) is 1. The summed E-state index contributed by atoms with van der Waals surface area (Å²) in [5.41, 5.74) is 0. The van der Waals surface area contributed by atoms with Gasteiger partial charge < -0.3 is 9.84 Å². The molecule has 1 heterocycles. The van der Waals surface area contributed by atoms with Crippen molar-refractivity contribution in [1.82, 2.24) is 4.90 Å². The van der Waals surface area contributed by atoms with E-state index in [1.165, 1.54) is 5.39 Å². The molecule has 1 aliphatic rings. The molecule has 0 radical (unpaired) electrons. The average Bonchev–Trinajstić information content (AvgIpc) is 2.97. The fourth-order valence-corrected chi connectivity index (χ4v) is 2.84. The van der Waals surface area contributed by atoms with E-state index in [4.69, 9.17) is 9.84 Å². The van der Waals surface area contributed by atoms with Crippen molar-refractivity contribution in [1.29, 1.82) is 0 Å². The summed E-state index contributed by atoms with van der Waals surface area (Å²) in [5.74, 6) is -0.0166. The highest BCUT2D eigenvalue weighted by atomic mass is 16.5. The molecule has 0 saturated carbocycles. The lowest BCUT2D eigenvalue weighted by Crippen LogP contribution is -2.27. The van der Waals surface area contributed by atoms with Crippen molar-refractivity contribution in [3.8, 4) is 5.75 Å². The van der Waals surface area contributed by atoms with E-state index < -0.39 is 5.97 Å². The second kappa shape index (κ2) is 6.14. The van der Waals surface area contributed by atoms with E-state index in [0.717, 1.165) is 30.6 Å². The van der Waals surface area contributed by atoms with Gasteiger partial charge in [-0.1, -0.05) is 36.4 Å². The van der Waals surface area contributed by atoms with Gasteiger partial charge in [-0.25, -0.2) is 0 Å². The topological polar surface area (TPSA) is 49.8 Å². The number of benzene rings is 2. The SMILES string of the molecule is O=C(O)C1CCN(CCOc2cccc3ccccc23)C1. The van der Waals surface area contributed by atoms with Gasteiger partial charge in [-0.15, -0.1) is 0 Å². The summed E-state index contributed by atoms with van der Waals surface area (Å²) in [5, 5.41) is 11.3. The Morgan fingerprint density at radius 2 is 2.05 bits per heavy atom. The summed E-state index contributed by atoms with van der Waals surface area (Å²) in [6.45, 7) is 2.83. The number of carbonyl (C=O) groups is 1. The van der Waals surface area contributed by atoms with Crippen LogP contribution in [0.2, 0.25) is 0 Å². The quantitative estimate of drug-likeness (QED) is 0.917. The molecule has 1 fully saturated rings. The Bertz CT molecular complexity index is 635. The first-order chi connectivity index (χ1) is 10.2. The number of hydrogen-bond donors (Lipinski definition) is 1. The van der Waals surface area contributed by atoms with Crippen LogP contribution in [0.25, 0.3) is 10.8 Å². The van der Waals surface area contributed by atoms with Gasteiger partial charge in [0.05, 0.1) is 5.92 Å². The van der Waals surface area contributed by atoms with Crippen molar-refractivity contribution in [2.24, 2.45) is 5.92 Å². The van der Waals surface area contributed by atoms with Gasteiger partial charge in [-0.05, 0) is 24.4 Å². The van der Waals surface area contributed by atoms with E-state index in [2.05, 4.69) is 23.1 Å². The van der Waals surface area contributed by atoms with E-state index in [1.54, 1.807) is 0 Å². The van der Waals surface area contributed by atoms with Gasteiger partial charge in [0.1, 0.15) is 12.4 Å². The molecular formula is C17H19NO3. The van der Waals surface area contributed by atoms with Crippen LogP contribution in [0.1, 0.15) is 6.42 Å². The van der Waals surface area contributed by atoms with Crippen LogP contribution in [0.5, 0.6) is 5.75 Å². The molecule has 0 amide bonds. The van der Waals surface area contributed by atoms with E-state index in [1.807, 2.05) is 24.3 Å².